The molecule has 0 radical (unpaired) electrons. The third-order valence-corrected chi connectivity index (χ3v) is 3.33. The van der Waals surface area contributed by atoms with Gasteiger partial charge in [-0.3, -0.25) is 0 Å². The highest BCUT2D eigenvalue weighted by atomic mass is 15.2. The van der Waals surface area contributed by atoms with Crippen molar-refractivity contribution in [3.05, 3.63) is 47.3 Å². The van der Waals surface area contributed by atoms with E-state index >= 15 is 0 Å². The number of hydrogen-bond donors (Lipinski definition) is 1. The molecule has 1 unspecified atom stereocenters. The first-order valence-electron chi connectivity index (χ1n) is 6.86. The summed E-state index contributed by atoms with van der Waals surface area (Å²) in [7, 11) is 0. The summed E-state index contributed by atoms with van der Waals surface area (Å²) in [5, 5.41) is 3.42. The normalized spacial score (nSPS) is 12.7. The van der Waals surface area contributed by atoms with E-state index in [4.69, 9.17) is 0 Å². The van der Waals surface area contributed by atoms with Gasteiger partial charge >= 0.3 is 0 Å². The van der Waals surface area contributed by atoms with Gasteiger partial charge in [0.15, 0.2) is 0 Å². The summed E-state index contributed by atoms with van der Waals surface area (Å²) in [5.41, 5.74) is 3.70. The van der Waals surface area contributed by atoms with Crippen LogP contribution in [-0.2, 0) is 0 Å². The molecule has 0 bridgehead atoms. The SMILES string of the molecule is Cc1cn(C(C)c2ccccc2C)c(NC(C)C)n1. The highest BCUT2D eigenvalue weighted by molar-refractivity contribution is 5.35. The topological polar surface area (TPSA) is 29.9 Å². The first-order chi connectivity index (χ1) is 8.99. The van der Waals surface area contributed by atoms with Crippen LogP contribution in [0.4, 0.5) is 5.95 Å². The molecule has 3 heteroatoms. The molecule has 3 nitrogen and oxygen atoms in total. The predicted octanol–water partition coefficient (Wildman–Crippen LogP) is 3.93. The molecule has 2 rings (SSSR count). The molecule has 102 valence electrons. The smallest absolute Gasteiger partial charge is 0.203 e. The monoisotopic (exact) mass is 257 g/mol. The van der Waals surface area contributed by atoms with Gasteiger partial charge in [0.05, 0.1) is 11.7 Å². The van der Waals surface area contributed by atoms with Gasteiger partial charge in [0.25, 0.3) is 0 Å². The van der Waals surface area contributed by atoms with E-state index < -0.39 is 0 Å². The number of anilines is 1. The van der Waals surface area contributed by atoms with Crippen molar-refractivity contribution in [2.24, 2.45) is 0 Å². The van der Waals surface area contributed by atoms with Gasteiger partial charge in [-0.25, -0.2) is 4.98 Å². The van der Waals surface area contributed by atoms with Crippen LogP contribution in [0.2, 0.25) is 0 Å². The first-order valence-corrected chi connectivity index (χ1v) is 6.86. The van der Waals surface area contributed by atoms with Crippen LogP contribution in [0.5, 0.6) is 0 Å². The fourth-order valence-electron chi connectivity index (χ4n) is 2.38. The summed E-state index contributed by atoms with van der Waals surface area (Å²) in [6, 6.07) is 9.18. The van der Waals surface area contributed by atoms with E-state index in [1.165, 1.54) is 11.1 Å². The van der Waals surface area contributed by atoms with Crippen molar-refractivity contribution in [2.45, 2.75) is 46.7 Å². The van der Waals surface area contributed by atoms with Crippen molar-refractivity contribution in [1.29, 1.82) is 0 Å². The van der Waals surface area contributed by atoms with E-state index in [1.807, 2.05) is 6.92 Å². The van der Waals surface area contributed by atoms with E-state index in [0.717, 1.165) is 11.6 Å². The Morgan fingerprint density at radius 3 is 2.42 bits per heavy atom. The van der Waals surface area contributed by atoms with E-state index in [2.05, 4.69) is 73.0 Å². The largest absolute Gasteiger partial charge is 0.353 e. The summed E-state index contributed by atoms with van der Waals surface area (Å²) in [4.78, 5) is 4.58. The maximum absolute atomic E-state index is 4.58. The predicted molar refractivity (Wildman–Crippen MR) is 80.7 cm³/mol. The highest BCUT2D eigenvalue weighted by Crippen LogP contribution is 2.25. The van der Waals surface area contributed by atoms with Crippen molar-refractivity contribution in [1.82, 2.24) is 9.55 Å². The highest BCUT2D eigenvalue weighted by Gasteiger charge is 2.15. The number of hydrogen-bond acceptors (Lipinski definition) is 2. The Labute approximate surface area is 115 Å². The maximum Gasteiger partial charge on any atom is 0.203 e. The lowest BCUT2D eigenvalue weighted by Gasteiger charge is -2.20. The molecule has 1 aromatic heterocycles. The molecule has 0 aliphatic heterocycles. The number of aromatic nitrogens is 2. The van der Waals surface area contributed by atoms with E-state index in [1.54, 1.807) is 0 Å². The van der Waals surface area contributed by atoms with Crippen LogP contribution in [0.15, 0.2) is 30.5 Å². The van der Waals surface area contributed by atoms with Gasteiger partial charge in [0.1, 0.15) is 0 Å². The van der Waals surface area contributed by atoms with Crippen LogP contribution in [0, 0.1) is 13.8 Å². The van der Waals surface area contributed by atoms with Crippen molar-refractivity contribution >= 4 is 5.95 Å². The zero-order chi connectivity index (χ0) is 14.0. The van der Waals surface area contributed by atoms with Crippen LogP contribution in [0.3, 0.4) is 0 Å². The lowest BCUT2D eigenvalue weighted by atomic mass is 10.0. The third kappa shape index (κ3) is 2.98. The molecule has 0 saturated carbocycles. The number of nitrogens with one attached hydrogen (secondary N) is 1. The first kappa shape index (κ1) is 13.7. The molecule has 0 aliphatic rings. The molecule has 0 saturated heterocycles. The molecule has 0 aliphatic carbocycles. The number of rotatable bonds is 4. The summed E-state index contributed by atoms with van der Waals surface area (Å²) < 4.78 is 2.22. The van der Waals surface area contributed by atoms with E-state index in [9.17, 15) is 0 Å². The number of aryl methyl sites for hydroxylation is 2. The second-order valence-electron chi connectivity index (χ2n) is 5.44. The van der Waals surface area contributed by atoms with Gasteiger partial charge in [0, 0.05) is 12.2 Å². The molecular weight excluding hydrogens is 234 g/mol. The quantitative estimate of drug-likeness (QED) is 0.899. The van der Waals surface area contributed by atoms with Crippen molar-refractivity contribution < 1.29 is 0 Å². The molecule has 1 atom stereocenters. The molecule has 19 heavy (non-hydrogen) atoms. The lowest BCUT2D eigenvalue weighted by Crippen LogP contribution is -2.17. The summed E-state index contributed by atoms with van der Waals surface area (Å²) >= 11 is 0. The Morgan fingerprint density at radius 2 is 1.79 bits per heavy atom. The molecule has 1 N–H and O–H groups in total. The van der Waals surface area contributed by atoms with E-state index in [-0.39, 0.29) is 6.04 Å². The third-order valence-electron chi connectivity index (χ3n) is 3.33. The standard InChI is InChI=1S/C16H23N3/c1-11(2)17-16-18-13(4)10-19(16)14(5)15-9-7-6-8-12(15)3/h6-11,14H,1-5H3,(H,17,18). The van der Waals surface area contributed by atoms with Crippen molar-refractivity contribution in [3.63, 3.8) is 0 Å². The van der Waals surface area contributed by atoms with Crippen LogP contribution in [0.1, 0.15) is 43.6 Å². The number of benzene rings is 1. The fourth-order valence-corrected chi connectivity index (χ4v) is 2.38. The van der Waals surface area contributed by atoms with Crippen LogP contribution in [-0.4, -0.2) is 15.6 Å². The lowest BCUT2D eigenvalue weighted by molar-refractivity contribution is 0.634. The Kier molecular flexibility index (Phi) is 3.93. The van der Waals surface area contributed by atoms with Crippen LogP contribution >= 0.6 is 0 Å². The minimum absolute atomic E-state index is 0.281. The Balaban J connectivity index is 2.38. The minimum atomic E-state index is 0.281. The van der Waals surface area contributed by atoms with Gasteiger partial charge in [-0.2, -0.15) is 0 Å². The zero-order valence-electron chi connectivity index (χ0n) is 12.4. The molecule has 1 aromatic carbocycles. The number of imidazole rings is 1. The molecule has 0 fully saturated rings. The van der Waals surface area contributed by atoms with Crippen molar-refractivity contribution in [3.8, 4) is 0 Å². The minimum Gasteiger partial charge on any atom is -0.353 e. The van der Waals surface area contributed by atoms with Crippen LogP contribution in [0.25, 0.3) is 0 Å². The fraction of sp³-hybridized carbons (Fsp3) is 0.438. The van der Waals surface area contributed by atoms with Crippen molar-refractivity contribution in [2.75, 3.05) is 5.32 Å². The molecule has 0 amide bonds. The molecular formula is C16H23N3. The van der Waals surface area contributed by atoms with Gasteiger partial charge < -0.3 is 9.88 Å². The molecule has 2 aromatic rings. The molecule has 1 heterocycles. The van der Waals surface area contributed by atoms with Gasteiger partial charge in [0.2, 0.25) is 5.95 Å². The average molecular weight is 257 g/mol. The Morgan fingerprint density at radius 1 is 1.11 bits per heavy atom. The second-order valence-corrected chi connectivity index (χ2v) is 5.44. The number of nitrogens with zero attached hydrogens (tertiary/aromatic N) is 2. The molecule has 0 spiro atoms. The van der Waals surface area contributed by atoms with Gasteiger partial charge in [-0.15, -0.1) is 0 Å². The Hall–Kier alpha value is -1.77. The summed E-state index contributed by atoms with van der Waals surface area (Å²) in [5.74, 6) is 0.947. The summed E-state index contributed by atoms with van der Waals surface area (Å²) in [6.45, 7) is 10.7. The van der Waals surface area contributed by atoms with Crippen LogP contribution < -0.4 is 5.32 Å². The van der Waals surface area contributed by atoms with Gasteiger partial charge in [-0.1, -0.05) is 24.3 Å². The maximum atomic E-state index is 4.58. The summed E-state index contributed by atoms with van der Waals surface area (Å²) in [6.07, 6.45) is 2.11. The zero-order valence-corrected chi connectivity index (χ0v) is 12.4. The average Bonchev–Trinajstić information content (AvgIpc) is 2.69. The Bertz CT molecular complexity index is 555. The second kappa shape index (κ2) is 5.47. The van der Waals surface area contributed by atoms with E-state index in [0.29, 0.717) is 6.04 Å². The van der Waals surface area contributed by atoms with Gasteiger partial charge in [-0.05, 0) is 45.7 Å².